The summed E-state index contributed by atoms with van der Waals surface area (Å²) in [5.41, 5.74) is 0. The molecule has 0 aromatic rings. The van der Waals surface area contributed by atoms with E-state index in [0.717, 1.165) is 6.08 Å². The van der Waals surface area contributed by atoms with Gasteiger partial charge in [-0.1, -0.05) is 6.58 Å². The Morgan fingerprint density at radius 1 is 1.58 bits per heavy atom. The van der Waals surface area contributed by atoms with Crippen molar-refractivity contribution in [3.05, 3.63) is 12.7 Å². The molecule has 0 aliphatic rings. The van der Waals surface area contributed by atoms with Crippen LogP contribution in [0.1, 0.15) is 0 Å². The topological polar surface area (TPSA) is 72.8 Å². The Morgan fingerprint density at radius 2 is 2.25 bits per heavy atom. The molecule has 1 atom stereocenters. The molecule has 1 N–H and O–H groups in total. The minimum Gasteiger partial charge on any atom is -0.465 e. The van der Waals surface area contributed by atoms with Gasteiger partial charge in [0.1, 0.15) is 19.3 Å². The Bertz CT molecular complexity index is 165. The molecule has 1 unspecified atom stereocenters. The minimum absolute atomic E-state index is 0.187. The van der Waals surface area contributed by atoms with Gasteiger partial charge in [0, 0.05) is 6.08 Å². The second kappa shape index (κ2) is 6.36. The highest BCUT2D eigenvalue weighted by atomic mass is 16.6. The van der Waals surface area contributed by atoms with Crippen molar-refractivity contribution in [2.45, 2.75) is 6.10 Å². The van der Waals surface area contributed by atoms with Crippen molar-refractivity contribution in [3.63, 3.8) is 0 Å². The first-order valence-electron chi connectivity index (χ1n) is 3.23. The van der Waals surface area contributed by atoms with Crippen molar-refractivity contribution in [2.75, 3.05) is 13.2 Å². The molecule has 12 heavy (non-hydrogen) atoms. The number of aliphatic hydroxyl groups excluding tert-OH is 1. The summed E-state index contributed by atoms with van der Waals surface area (Å²) >= 11 is 0. The number of ether oxygens (including phenoxy) is 2. The number of hydrogen-bond donors (Lipinski definition) is 1. The van der Waals surface area contributed by atoms with Gasteiger partial charge in [0.25, 0.3) is 6.47 Å². The van der Waals surface area contributed by atoms with E-state index < -0.39 is 12.1 Å². The van der Waals surface area contributed by atoms with E-state index >= 15 is 0 Å². The van der Waals surface area contributed by atoms with Crippen LogP contribution in [0.15, 0.2) is 12.7 Å². The Morgan fingerprint density at radius 3 is 2.75 bits per heavy atom. The molecule has 0 heterocycles. The SMILES string of the molecule is C=CC(=O)OCC(O)COC=O. The third-order valence-electron chi connectivity index (χ3n) is 0.941. The van der Waals surface area contributed by atoms with Crippen molar-refractivity contribution in [1.29, 1.82) is 0 Å². The molecule has 0 saturated carbocycles. The third kappa shape index (κ3) is 5.43. The van der Waals surface area contributed by atoms with Crippen LogP contribution in [-0.4, -0.2) is 36.9 Å². The summed E-state index contributed by atoms with van der Waals surface area (Å²) in [5.74, 6) is -0.625. The van der Waals surface area contributed by atoms with Crippen molar-refractivity contribution in [3.8, 4) is 0 Å². The standard InChI is InChI=1S/C7H10O5/c1-2-7(10)12-4-6(9)3-11-5-8/h2,5-6,9H,1,3-4H2. The molecular weight excluding hydrogens is 164 g/mol. The third-order valence-corrected chi connectivity index (χ3v) is 0.941. The van der Waals surface area contributed by atoms with E-state index in [2.05, 4.69) is 16.1 Å². The van der Waals surface area contributed by atoms with Crippen LogP contribution in [-0.2, 0) is 19.1 Å². The summed E-state index contributed by atoms with van der Waals surface area (Å²) in [6.07, 6.45) is -0.00748. The van der Waals surface area contributed by atoms with Crippen LogP contribution in [0.3, 0.4) is 0 Å². The highest BCUT2D eigenvalue weighted by Gasteiger charge is 2.06. The zero-order valence-electron chi connectivity index (χ0n) is 6.43. The molecule has 0 spiro atoms. The van der Waals surface area contributed by atoms with E-state index in [1.54, 1.807) is 0 Å². The van der Waals surface area contributed by atoms with Crippen molar-refractivity contribution in [1.82, 2.24) is 0 Å². The second-order valence-corrected chi connectivity index (χ2v) is 1.92. The van der Waals surface area contributed by atoms with Gasteiger partial charge in [-0.25, -0.2) is 4.79 Å². The zero-order chi connectivity index (χ0) is 9.40. The Hall–Kier alpha value is -1.36. The van der Waals surface area contributed by atoms with Gasteiger partial charge in [-0.05, 0) is 0 Å². The highest BCUT2D eigenvalue weighted by molar-refractivity contribution is 5.81. The number of hydrogen-bond acceptors (Lipinski definition) is 5. The van der Waals surface area contributed by atoms with E-state index in [-0.39, 0.29) is 19.7 Å². The molecule has 0 rings (SSSR count). The normalized spacial score (nSPS) is 11.4. The van der Waals surface area contributed by atoms with Gasteiger partial charge < -0.3 is 14.6 Å². The fourth-order valence-corrected chi connectivity index (χ4v) is 0.436. The predicted molar refractivity (Wildman–Crippen MR) is 39.2 cm³/mol. The lowest BCUT2D eigenvalue weighted by atomic mass is 10.4. The predicted octanol–water partition coefficient (Wildman–Crippen LogP) is -0.751. The summed E-state index contributed by atoms with van der Waals surface area (Å²) in [6.45, 7) is 2.97. The van der Waals surface area contributed by atoms with Gasteiger partial charge in [-0.15, -0.1) is 0 Å². The Labute approximate surface area is 69.6 Å². The molecule has 0 aromatic carbocycles. The lowest BCUT2D eigenvalue weighted by molar-refractivity contribution is -0.143. The Kier molecular flexibility index (Phi) is 5.64. The van der Waals surface area contributed by atoms with Crippen molar-refractivity contribution >= 4 is 12.4 Å². The van der Waals surface area contributed by atoms with E-state index in [9.17, 15) is 9.59 Å². The molecule has 0 saturated heterocycles. The van der Waals surface area contributed by atoms with E-state index in [1.165, 1.54) is 0 Å². The van der Waals surface area contributed by atoms with Gasteiger partial charge in [-0.2, -0.15) is 0 Å². The minimum atomic E-state index is -0.987. The van der Waals surface area contributed by atoms with Crippen LogP contribution in [0.4, 0.5) is 0 Å². The fourth-order valence-electron chi connectivity index (χ4n) is 0.436. The van der Waals surface area contributed by atoms with E-state index in [0.29, 0.717) is 0 Å². The largest absolute Gasteiger partial charge is 0.465 e. The molecular formula is C7H10O5. The van der Waals surface area contributed by atoms with Crippen LogP contribution in [0, 0.1) is 0 Å². The quantitative estimate of drug-likeness (QED) is 0.326. The first-order valence-corrected chi connectivity index (χ1v) is 3.23. The monoisotopic (exact) mass is 174 g/mol. The molecule has 5 nitrogen and oxygen atoms in total. The number of carbonyl (C=O) groups is 2. The summed E-state index contributed by atoms with van der Waals surface area (Å²) in [4.78, 5) is 20.1. The van der Waals surface area contributed by atoms with E-state index in [1.807, 2.05) is 0 Å². The van der Waals surface area contributed by atoms with Crippen LogP contribution < -0.4 is 0 Å². The lowest BCUT2D eigenvalue weighted by Crippen LogP contribution is -2.22. The van der Waals surface area contributed by atoms with E-state index in [4.69, 9.17) is 5.11 Å². The van der Waals surface area contributed by atoms with Gasteiger partial charge in [-0.3, -0.25) is 4.79 Å². The molecule has 0 radical (unpaired) electrons. The maximum atomic E-state index is 10.4. The van der Waals surface area contributed by atoms with Crippen molar-refractivity contribution < 1.29 is 24.2 Å². The summed E-state index contributed by atoms with van der Waals surface area (Å²) < 4.78 is 8.66. The number of esters is 1. The van der Waals surface area contributed by atoms with Gasteiger partial charge in [0.15, 0.2) is 0 Å². The van der Waals surface area contributed by atoms with Crippen LogP contribution in [0.25, 0.3) is 0 Å². The second-order valence-electron chi connectivity index (χ2n) is 1.92. The molecule has 5 heteroatoms. The molecule has 0 aromatic heterocycles. The lowest BCUT2D eigenvalue weighted by Gasteiger charge is -2.07. The fraction of sp³-hybridized carbons (Fsp3) is 0.429. The van der Waals surface area contributed by atoms with Crippen LogP contribution >= 0.6 is 0 Å². The number of carbonyl (C=O) groups excluding carboxylic acids is 2. The van der Waals surface area contributed by atoms with Gasteiger partial charge >= 0.3 is 5.97 Å². The molecule has 0 aliphatic carbocycles. The average molecular weight is 174 g/mol. The smallest absolute Gasteiger partial charge is 0.330 e. The van der Waals surface area contributed by atoms with Gasteiger partial charge in [0.05, 0.1) is 0 Å². The first kappa shape index (κ1) is 10.6. The zero-order valence-corrected chi connectivity index (χ0v) is 6.43. The Balaban J connectivity index is 3.42. The van der Waals surface area contributed by atoms with Crippen LogP contribution in [0.2, 0.25) is 0 Å². The molecule has 68 valence electrons. The summed E-state index contributed by atoms with van der Waals surface area (Å²) in [7, 11) is 0. The molecule has 0 bridgehead atoms. The maximum absolute atomic E-state index is 10.4. The highest BCUT2D eigenvalue weighted by Crippen LogP contribution is 1.87. The summed E-state index contributed by atoms with van der Waals surface area (Å²) in [5, 5.41) is 8.93. The maximum Gasteiger partial charge on any atom is 0.330 e. The average Bonchev–Trinajstić information content (AvgIpc) is 2.10. The molecule has 0 fully saturated rings. The first-order chi connectivity index (χ1) is 5.70. The summed E-state index contributed by atoms with van der Waals surface area (Å²) in [6, 6.07) is 0. The van der Waals surface area contributed by atoms with Crippen molar-refractivity contribution in [2.24, 2.45) is 0 Å². The van der Waals surface area contributed by atoms with Crippen LogP contribution in [0.5, 0.6) is 0 Å². The molecule has 0 amide bonds. The number of aliphatic hydroxyl groups is 1. The number of rotatable bonds is 6. The van der Waals surface area contributed by atoms with Gasteiger partial charge in [0.2, 0.25) is 0 Å². The molecule has 0 aliphatic heterocycles.